The number of sulfonamides is 1. The molecule has 102 valence electrons. The average molecular weight is 301 g/mol. The molecule has 0 amide bonds. The molecule has 0 unspecified atom stereocenters. The molecule has 1 aromatic heterocycles. The van der Waals surface area contributed by atoms with E-state index in [2.05, 4.69) is 9.82 Å². The normalized spacial score (nSPS) is 11.5. The van der Waals surface area contributed by atoms with Gasteiger partial charge >= 0.3 is 0 Å². The second-order valence-corrected chi connectivity index (χ2v) is 6.06. The molecule has 0 saturated carbocycles. The predicted octanol–water partition coefficient (Wildman–Crippen LogP) is 1.33. The summed E-state index contributed by atoms with van der Waals surface area (Å²) in [6, 6.07) is 4.44. The van der Waals surface area contributed by atoms with Crippen molar-refractivity contribution in [1.82, 2.24) is 9.78 Å². The number of nitrogens with two attached hydrogens (primary N) is 1. The predicted molar refractivity (Wildman–Crippen MR) is 73.4 cm³/mol. The summed E-state index contributed by atoms with van der Waals surface area (Å²) in [5, 5.41) is 4.22. The highest BCUT2D eigenvalue weighted by atomic mass is 35.5. The number of anilines is 1. The van der Waals surface area contributed by atoms with Crippen LogP contribution in [0.3, 0.4) is 0 Å². The molecule has 19 heavy (non-hydrogen) atoms. The number of hydrogen-bond acceptors (Lipinski definition) is 4. The van der Waals surface area contributed by atoms with Crippen LogP contribution in [0.2, 0.25) is 5.02 Å². The molecular weight excluding hydrogens is 288 g/mol. The van der Waals surface area contributed by atoms with E-state index in [9.17, 15) is 8.42 Å². The first-order valence-corrected chi connectivity index (χ1v) is 7.28. The number of benzene rings is 1. The number of rotatable bonds is 4. The zero-order chi connectivity index (χ0) is 14.0. The lowest BCUT2D eigenvalue weighted by Crippen LogP contribution is -2.13. The Bertz CT molecular complexity index is 696. The fourth-order valence-corrected chi connectivity index (χ4v) is 2.92. The maximum absolute atomic E-state index is 12.1. The lowest BCUT2D eigenvalue weighted by Gasteiger charge is -2.08. The van der Waals surface area contributed by atoms with Gasteiger partial charge < -0.3 is 5.73 Å². The molecule has 2 aromatic rings. The zero-order valence-corrected chi connectivity index (χ0v) is 11.7. The lowest BCUT2D eigenvalue weighted by atomic mass is 10.2. The minimum Gasteiger partial charge on any atom is -0.326 e. The van der Waals surface area contributed by atoms with Crippen LogP contribution < -0.4 is 10.5 Å². The van der Waals surface area contributed by atoms with Gasteiger partial charge in [-0.3, -0.25) is 9.40 Å². The quantitative estimate of drug-likeness (QED) is 0.891. The highest BCUT2D eigenvalue weighted by Crippen LogP contribution is 2.22. The monoisotopic (exact) mass is 300 g/mol. The van der Waals surface area contributed by atoms with Crippen LogP contribution >= 0.6 is 11.6 Å². The van der Waals surface area contributed by atoms with Crippen LogP contribution in [-0.4, -0.2) is 18.2 Å². The molecule has 0 aliphatic carbocycles. The summed E-state index contributed by atoms with van der Waals surface area (Å²) in [7, 11) is -1.98. The Morgan fingerprint density at radius 2 is 2.21 bits per heavy atom. The van der Waals surface area contributed by atoms with Gasteiger partial charge in [0, 0.05) is 24.8 Å². The number of nitrogens with one attached hydrogen (secondary N) is 1. The van der Waals surface area contributed by atoms with Crippen molar-refractivity contribution in [2.75, 3.05) is 4.72 Å². The largest absolute Gasteiger partial charge is 0.326 e. The number of nitrogens with zero attached hydrogens (tertiary/aromatic N) is 2. The molecule has 1 aromatic carbocycles. The highest BCUT2D eigenvalue weighted by Gasteiger charge is 2.16. The number of aromatic nitrogens is 2. The van der Waals surface area contributed by atoms with Crippen LogP contribution in [-0.2, 0) is 23.6 Å². The van der Waals surface area contributed by atoms with Crippen LogP contribution in [0.4, 0.5) is 5.69 Å². The van der Waals surface area contributed by atoms with Crippen LogP contribution in [0, 0.1) is 0 Å². The van der Waals surface area contributed by atoms with Crippen molar-refractivity contribution < 1.29 is 8.42 Å². The first-order valence-electron chi connectivity index (χ1n) is 5.42. The Hall–Kier alpha value is -1.57. The van der Waals surface area contributed by atoms with E-state index in [4.69, 9.17) is 17.3 Å². The first-order chi connectivity index (χ1) is 8.92. The maximum atomic E-state index is 12.1. The van der Waals surface area contributed by atoms with Crippen molar-refractivity contribution >= 4 is 27.3 Å². The summed E-state index contributed by atoms with van der Waals surface area (Å²) in [5.41, 5.74) is 6.56. The molecule has 8 heteroatoms. The van der Waals surface area contributed by atoms with E-state index >= 15 is 0 Å². The topological polar surface area (TPSA) is 90.0 Å². The minimum atomic E-state index is -3.68. The van der Waals surface area contributed by atoms with Crippen molar-refractivity contribution in [1.29, 1.82) is 0 Å². The van der Waals surface area contributed by atoms with Gasteiger partial charge in [-0.25, -0.2) is 8.42 Å². The molecule has 0 bridgehead atoms. The van der Waals surface area contributed by atoms with Gasteiger partial charge in [0.05, 0.1) is 16.8 Å². The Morgan fingerprint density at radius 3 is 2.74 bits per heavy atom. The number of hydrogen-bond donors (Lipinski definition) is 2. The summed E-state index contributed by atoms with van der Waals surface area (Å²) in [6.45, 7) is 0.259. The Balaban J connectivity index is 2.31. The number of aryl methyl sites for hydroxylation is 1. The SMILES string of the molecule is Cn1cc(NS(=O)(=O)c2ccc(CN)c(Cl)c2)cn1. The van der Waals surface area contributed by atoms with Gasteiger partial charge in [-0.1, -0.05) is 17.7 Å². The van der Waals surface area contributed by atoms with Crippen molar-refractivity contribution in [2.45, 2.75) is 11.4 Å². The number of halogens is 1. The third-order valence-corrected chi connectivity index (χ3v) is 4.24. The fourth-order valence-electron chi connectivity index (χ4n) is 1.55. The van der Waals surface area contributed by atoms with Gasteiger partial charge in [-0.05, 0) is 17.7 Å². The third kappa shape index (κ3) is 3.06. The Morgan fingerprint density at radius 1 is 1.47 bits per heavy atom. The molecule has 0 aliphatic heterocycles. The van der Waals surface area contributed by atoms with Gasteiger partial charge in [0.15, 0.2) is 0 Å². The molecular formula is C11H13ClN4O2S. The summed E-state index contributed by atoms with van der Waals surface area (Å²) in [6.07, 6.45) is 2.99. The van der Waals surface area contributed by atoms with Crippen molar-refractivity contribution in [2.24, 2.45) is 12.8 Å². The molecule has 0 saturated heterocycles. The van der Waals surface area contributed by atoms with E-state index in [1.807, 2.05) is 0 Å². The van der Waals surface area contributed by atoms with Crippen molar-refractivity contribution in [3.8, 4) is 0 Å². The minimum absolute atomic E-state index is 0.0820. The first kappa shape index (κ1) is 13.9. The summed E-state index contributed by atoms with van der Waals surface area (Å²) >= 11 is 5.95. The molecule has 0 atom stereocenters. The molecule has 0 radical (unpaired) electrons. The van der Waals surface area contributed by atoms with Gasteiger partial charge in [0.2, 0.25) is 0 Å². The van der Waals surface area contributed by atoms with E-state index < -0.39 is 10.0 Å². The Labute approximate surface area is 116 Å². The van der Waals surface area contributed by atoms with E-state index in [1.165, 1.54) is 23.0 Å². The zero-order valence-electron chi connectivity index (χ0n) is 10.2. The second-order valence-electron chi connectivity index (χ2n) is 3.97. The van der Waals surface area contributed by atoms with Crippen LogP contribution in [0.1, 0.15) is 5.56 Å². The molecule has 6 nitrogen and oxygen atoms in total. The molecule has 0 spiro atoms. The smallest absolute Gasteiger partial charge is 0.262 e. The summed E-state index contributed by atoms with van der Waals surface area (Å²) in [4.78, 5) is 0.0820. The maximum Gasteiger partial charge on any atom is 0.262 e. The molecule has 0 fully saturated rings. The van der Waals surface area contributed by atoms with E-state index in [0.717, 1.165) is 0 Å². The summed E-state index contributed by atoms with van der Waals surface area (Å²) in [5.74, 6) is 0. The summed E-state index contributed by atoms with van der Waals surface area (Å²) < 4.78 is 28.2. The van der Waals surface area contributed by atoms with E-state index in [1.54, 1.807) is 19.3 Å². The Kier molecular flexibility index (Phi) is 3.79. The molecule has 3 N–H and O–H groups in total. The molecule has 0 aliphatic rings. The van der Waals surface area contributed by atoms with Crippen molar-refractivity contribution in [3.63, 3.8) is 0 Å². The standard InChI is InChI=1S/C11H13ClN4O2S/c1-16-7-9(6-14-16)15-19(17,18)10-3-2-8(5-13)11(12)4-10/h2-4,6-7,15H,5,13H2,1H3. The van der Waals surface area contributed by atoms with Crippen LogP contribution in [0.15, 0.2) is 35.5 Å². The van der Waals surface area contributed by atoms with Gasteiger partial charge in [-0.2, -0.15) is 5.10 Å². The molecule has 1 heterocycles. The van der Waals surface area contributed by atoms with Gasteiger partial charge in [0.1, 0.15) is 0 Å². The second kappa shape index (κ2) is 5.20. The van der Waals surface area contributed by atoms with Crippen LogP contribution in [0.5, 0.6) is 0 Å². The average Bonchev–Trinajstić information content (AvgIpc) is 2.73. The van der Waals surface area contributed by atoms with Crippen molar-refractivity contribution in [3.05, 3.63) is 41.2 Å². The lowest BCUT2D eigenvalue weighted by molar-refractivity contribution is 0.601. The van der Waals surface area contributed by atoms with Gasteiger partial charge in [0.25, 0.3) is 10.0 Å². The highest BCUT2D eigenvalue weighted by molar-refractivity contribution is 7.92. The third-order valence-electron chi connectivity index (χ3n) is 2.51. The van der Waals surface area contributed by atoms with E-state index in [-0.39, 0.29) is 11.4 Å². The van der Waals surface area contributed by atoms with E-state index in [0.29, 0.717) is 16.3 Å². The van der Waals surface area contributed by atoms with Crippen LogP contribution in [0.25, 0.3) is 0 Å². The molecule has 2 rings (SSSR count). The van der Waals surface area contributed by atoms with Gasteiger partial charge in [-0.15, -0.1) is 0 Å². The fraction of sp³-hybridized carbons (Fsp3) is 0.182.